The van der Waals surface area contributed by atoms with Crippen molar-refractivity contribution in [2.45, 2.75) is 25.9 Å². The van der Waals surface area contributed by atoms with Crippen molar-refractivity contribution in [3.05, 3.63) is 63.5 Å². The fourth-order valence-electron chi connectivity index (χ4n) is 4.25. The van der Waals surface area contributed by atoms with Crippen LogP contribution in [-0.2, 0) is 24.3 Å². The minimum Gasteiger partial charge on any atom is -0.497 e. The minimum absolute atomic E-state index is 0.0933. The summed E-state index contributed by atoms with van der Waals surface area (Å²) in [6.07, 6.45) is 1.14. The summed E-state index contributed by atoms with van der Waals surface area (Å²) in [7, 11) is 1.63. The summed E-state index contributed by atoms with van der Waals surface area (Å²) in [4.78, 5) is 18.4. The minimum atomic E-state index is 0.0933. The number of hydrogen-bond donors (Lipinski definition) is 2. The van der Waals surface area contributed by atoms with E-state index in [1.54, 1.807) is 7.11 Å². The summed E-state index contributed by atoms with van der Waals surface area (Å²) in [5.41, 5.74) is 4.30. The van der Waals surface area contributed by atoms with E-state index in [4.69, 9.17) is 28.6 Å². The second-order valence-electron chi connectivity index (χ2n) is 7.82. The van der Waals surface area contributed by atoms with Gasteiger partial charge in [0.2, 0.25) is 5.91 Å². The van der Waals surface area contributed by atoms with E-state index < -0.39 is 0 Å². The molecule has 0 unspecified atom stereocenters. The molecule has 2 aromatic carbocycles. The smallest absolute Gasteiger partial charge is 0.224 e. The van der Waals surface area contributed by atoms with Crippen LogP contribution in [-0.4, -0.2) is 44.2 Å². The number of nitrogens with zero attached hydrogens (tertiary/aromatic N) is 3. The van der Waals surface area contributed by atoms with Crippen LogP contribution >= 0.6 is 23.8 Å². The Balaban J connectivity index is 1.32. The summed E-state index contributed by atoms with van der Waals surface area (Å²) >= 11 is 11.6. The Morgan fingerprint density at radius 1 is 1.25 bits per heavy atom. The van der Waals surface area contributed by atoms with Gasteiger partial charge in [0, 0.05) is 65.2 Å². The first-order valence-electron chi connectivity index (χ1n) is 10.4. The zero-order chi connectivity index (χ0) is 22.2. The third kappa shape index (κ3) is 3.80. The number of aromatic nitrogens is 4. The molecule has 0 saturated heterocycles. The first-order valence-corrected chi connectivity index (χ1v) is 11.2. The highest BCUT2D eigenvalue weighted by Crippen LogP contribution is 2.30. The molecular formula is C23H22ClN5O2S. The highest BCUT2D eigenvalue weighted by molar-refractivity contribution is 7.71. The molecule has 0 atom stereocenters. The average Bonchev–Trinajstić information content (AvgIpc) is 3.36. The lowest BCUT2D eigenvalue weighted by Crippen LogP contribution is -2.36. The number of halogens is 1. The van der Waals surface area contributed by atoms with E-state index in [1.165, 1.54) is 5.69 Å². The molecule has 5 rings (SSSR count). The number of benzene rings is 2. The van der Waals surface area contributed by atoms with Gasteiger partial charge in [-0.25, -0.2) is 0 Å². The largest absolute Gasteiger partial charge is 0.497 e. The number of methoxy groups -OCH3 is 1. The van der Waals surface area contributed by atoms with Gasteiger partial charge < -0.3 is 14.6 Å². The summed E-state index contributed by atoms with van der Waals surface area (Å²) in [6.45, 7) is 1.73. The van der Waals surface area contributed by atoms with Crippen LogP contribution in [0.15, 0.2) is 42.5 Å². The molecule has 0 spiro atoms. The summed E-state index contributed by atoms with van der Waals surface area (Å²) in [6, 6.07) is 13.4. The number of nitrogens with one attached hydrogen (secondary N) is 2. The molecule has 4 aromatic rings. The fourth-order valence-corrected chi connectivity index (χ4v) is 4.65. The van der Waals surface area contributed by atoms with Crippen LogP contribution in [0.25, 0.3) is 22.3 Å². The molecule has 0 bridgehead atoms. The number of amides is 1. The van der Waals surface area contributed by atoms with Gasteiger partial charge in [-0.15, -0.1) is 0 Å². The lowest BCUT2D eigenvalue weighted by atomic mass is 10.0. The average molecular weight is 468 g/mol. The zero-order valence-electron chi connectivity index (χ0n) is 17.5. The molecule has 1 aliphatic rings. The first-order chi connectivity index (χ1) is 15.5. The molecule has 2 N–H and O–H groups in total. The van der Waals surface area contributed by atoms with Crippen molar-refractivity contribution >= 4 is 40.6 Å². The van der Waals surface area contributed by atoms with Gasteiger partial charge in [0.05, 0.1) is 7.11 Å². The lowest BCUT2D eigenvalue weighted by molar-refractivity contribution is -0.132. The molecule has 1 aliphatic heterocycles. The molecule has 1 amide bonds. The SMILES string of the molecule is COc1ccc(-c2n[nH]c(=S)n2CCC(=O)N2CCc3[nH]c4ccc(Cl)cc4c3C2)cc1. The van der Waals surface area contributed by atoms with E-state index in [2.05, 4.69) is 15.2 Å². The summed E-state index contributed by atoms with van der Waals surface area (Å²) < 4.78 is 7.59. The maximum Gasteiger partial charge on any atom is 0.224 e. The third-order valence-corrected chi connectivity index (χ3v) is 6.49. The van der Waals surface area contributed by atoms with Crippen molar-refractivity contribution in [1.82, 2.24) is 24.6 Å². The topological polar surface area (TPSA) is 78.9 Å². The molecule has 3 heterocycles. The Hall–Kier alpha value is -3.10. The summed E-state index contributed by atoms with van der Waals surface area (Å²) in [5.74, 6) is 1.57. The molecule has 32 heavy (non-hydrogen) atoms. The quantitative estimate of drug-likeness (QED) is 0.416. The van der Waals surface area contributed by atoms with Crippen LogP contribution in [0.1, 0.15) is 17.7 Å². The number of hydrogen-bond acceptors (Lipinski definition) is 4. The van der Waals surface area contributed by atoms with Crippen LogP contribution in [0.5, 0.6) is 5.75 Å². The Labute approximate surface area is 195 Å². The maximum atomic E-state index is 13.1. The van der Waals surface area contributed by atoms with Gasteiger partial charge in [0.25, 0.3) is 0 Å². The molecule has 0 saturated carbocycles. The Morgan fingerprint density at radius 3 is 2.84 bits per heavy atom. The standard InChI is InChI=1S/C23H22ClN5O2S/c1-31-16-5-2-14(3-6-16)22-26-27-23(32)29(22)11-9-21(30)28-10-8-20-18(13-28)17-12-15(24)4-7-19(17)25-20/h2-7,12,25H,8-11,13H2,1H3,(H,27,32). The molecule has 7 nitrogen and oxygen atoms in total. The number of carbonyl (C=O) groups is 1. The molecular weight excluding hydrogens is 446 g/mol. The number of ether oxygens (including phenoxy) is 1. The predicted octanol–water partition coefficient (Wildman–Crippen LogP) is 4.73. The van der Waals surface area contributed by atoms with Gasteiger partial charge in [-0.2, -0.15) is 5.10 Å². The number of rotatable bonds is 5. The van der Waals surface area contributed by atoms with Gasteiger partial charge >= 0.3 is 0 Å². The predicted molar refractivity (Wildman–Crippen MR) is 126 cm³/mol. The maximum absolute atomic E-state index is 13.1. The van der Waals surface area contributed by atoms with Crippen LogP contribution in [0, 0.1) is 4.77 Å². The second kappa shape index (κ2) is 8.44. The Bertz CT molecular complexity index is 1360. The summed E-state index contributed by atoms with van der Waals surface area (Å²) in [5, 5.41) is 8.99. The van der Waals surface area contributed by atoms with E-state index >= 15 is 0 Å². The van der Waals surface area contributed by atoms with Crippen molar-refractivity contribution in [1.29, 1.82) is 0 Å². The van der Waals surface area contributed by atoms with E-state index in [0.717, 1.165) is 34.2 Å². The number of carbonyl (C=O) groups excluding carboxylic acids is 1. The van der Waals surface area contributed by atoms with E-state index in [1.807, 2.05) is 51.9 Å². The van der Waals surface area contributed by atoms with E-state index in [0.29, 0.717) is 41.7 Å². The van der Waals surface area contributed by atoms with Crippen molar-refractivity contribution in [2.24, 2.45) is 0 Å². The number of H-pyrrole nitrogens is 2. The highest BCUT2D eigenvalue weighted by Gasteiger charge is 2.24. The normalized spacial score (nSPS) is 13.4. The van der Waals surface area contributed by atoms with Crippen molar-refractivity contribution in [3.63, 3.8) is 0 Å². The van der Waals surface area contributed by atoms with Gasteiger partial charge in [0.1, 0.15) is 5.75 Å². The van der Waals surface area contributed by atoms with Crippen molar-refractivity contribution in [2.75, 3.05) is 13.7 Å². The van der Waals surface area contributed by atoms with E-state index in [-0.39, 0.29) is 5.91 Å². The number of fused-ring (bicyclic) bond motifs is 3. The molecule has 9 heteroatoms. The molecule has 0 aliphatic carbocycles. The van der Waals surface area contributed by atoms with Crippen molar-refractivity contribution in [3.8, 4) is 17.1 Å². The highest BCUT2D eigenvalue weighted by atomic mass is 35.5. The van der Waals surface area contributed by atoms with Crippen LogP contribution in [0.4, 0.5) is 0 Å². The van der Waals surface area contributed by atoms with Crippen LogP contribution in [0.2, 0.25) is 5.02 Å². The number of aromatic amines is 2. The van der Waals surface area contributed by atoms with Gasteiger partial charge in [-0.1, -0.05) is 11.6 Å². The van der Waals surface area contributed by atoms with Gasteiger partial charge in [-0.3, -0.25) is 14.5 Å². The second-order valence-corrected chi connectivity index (χ2v) is 8.64. The molecule has 2 aromatic heterocycles. The van der Waals surface area contributed by atoms with Crippen molar-refractivity contribution < 1.29 is 9.53 Å². The lowest BCUT2D eigenvalue weighted by Gasteiger charge is -2.27. The van der Waals surface area contributed by atoms with E-state index in [9.17, 15) is 4.79 Å². The fraction of sp³-hybridized carbons (Fsp3) is 0.261. The third-order valence-electron chi connectivity index (χ3n) is 5.95. The monoisotopic (exact) mass is 467 g/mol. The first kappa shape index (κ1) is 20.8. The van der Waals surface area contributed by atoms with Gasteiger partial charge in [0.15, 0.2) is 10.6 Å². The Morgan fingerprint density at radius 2 is 2.06 bits per heavy atom. The van der Waals surface area contributed by atoms with Crippen LogP contribution < -0.4 is 4.74 Å². The molecule has 0 radical (unpaired) electrons. The van der Waals surface area contributed by atoms with Gasteiger partial charge in [-0.05, 0) is 54.7 Å². The zero-order valence-corrected chi connectivity index (χ0v) is 19.1. The molecule has 0 fully saturated rings. The van der Waals surface area contributed by atoms with Crippen LogP contribution in [0.3, 0.4) is 0 Å². The molecule has 164 valence electrons. The Kier molecular flexibility index (Phi) is 5.48.